The van der Waals surface area contributed by atoms with E-state index in [1.807, 2.05) is 64.1 Å². The van der Waals surface area contributed by atoms with Crippen molar-refractivity contribution < 1.29 is 57.0 Å². The quantitative estimate of drug-likeness (QED) is 0.0536. The molecule has 0 spiro atoms. The summed E-state index contributed by atoms with van der Waals surface area (Å²) in [6.07, 6.45) is 1.70. The second-order valence-electron chi connectivity index (χ2n) is 15.9. The minimum Gasteiger partial charge on any atom is -0.491 e. The lowest BCUT2D eigenvalue weighted by Gasteiger charge is -2.24. The number of benzene rings is 5. The molecule has 0 saturated heterocycles. The Morgan fingerprint density at radius 2 is 0.667 bits per heavy atom. The fourth-order valence-corrected chi connectivity index (χ4v) is 8.37. The number of hydrogen-bond donors (Lipinski definition) is 0. The van der Waals surface area contributed by atoms with Gasteiger partial charge >= 0.3 is 11.9 Å². The molecule has 8 rings (SSSR count). The van der Waals surface area contributed by atoms with Gasteiger partial charge in [-0.3, -0.25) is 0 Å². The van der Waals surface area contributed by atoms with E-state index >= 15 is 0 Å². The molecule has 12 bridgehead atoms. The topological polar surface area (TPSA) is 126 Å². The van der Waals surface area contributed by atoms with Crippen molar-refractivity contribution in [1.29, 1.82) is 0 Å². The number of carbonyl (C=O) groups excluding carboxylic acids is 2. The molecule has 0 amide bonds. The fraction of sp³-hybridized carbons (Fsp3) is 0.407. The SMILES string of the molecule is CCOCCOc1c2cccc1Cc1cc3cc(c1OCCOCC)Cc1cccc(c1OCCOCC)Cc1cc(cc(c1OCCOCC)C2)COC(=O)c1cccc(c1)C(=O)OC3. The first-order valence-corrected chi connectivity index (χ1v) is 23.2. The summed E-state index contributed by atoms with van der Waals surface area (Å²) in [6, 6.07) is 27.0. The van der Waals surface area contributed by atoms with Crippen LogP contribution in [0.25, 0.3) is 0 Å². The standard InChI is InChI=1S/C54H62O12/c1-5-57-18-22-61-49-39-12-9-13-40(49)31-46-27-38-29-48(52(46)64-25-21-60-8-4)33-42-15-10-14-41(50(42)62-23-19-58-6-2)32-47-28-37(26-45(30-39)51(47)63-24-20-59-7-3)35-65-53(55)43-16-11-17-44(34-43)54(56)66-36-38/h9-17,26-29,34H,5-8,18-25,30-33,35-36H2,1-4H3. The van der Waals surface area contributed by atoms with Crippen LogP contribution in [0.2, 0.25) is 0 Å². The molecule has 0 radical (unpaired) electrons. The average molecular weight is 903 g/mol. The highest BCUT2D eigenvalue weighted by molar-refractivity contribution is 5.95. The molecule has 0 aromatic heterocycles. The van der Waals surface area contributed by atoms with Crippen LogP contribution in [-0.4, -0.2) is 91.2 Å². The predicted molar refractivity (Wildman–Crippen MR) is 250 cm³/mol. The number of carbonyl (C=O) groups is 2. The zero-order chi connectivity index (χ0) is 46.1. The molecule has 0 atom stereocenters. The molecule has 5 aromatic carbocycles. The first-order chi connectivity index (χ1) is 32.4. The number of esters is 2. The fourth-order valence-electron chi connectivity index (χ4n) is 8.37. The van der Waals surface area contributed by atoms with Crippen LogP contribution in [-0.2, 0) is 67.3 Å². The lowest BCUT2D eigenvalue weighted by Crippen LogP contribution is -2.15. The van der Waals surface area contributed by atoms with Crippen LogP contribution in [0.3, 0.4) is 0 Å². The molecule has 0 saturated carbocycles. The zero-order valence-electron chi connectivity index (χ0n) is 38.7. The molecule has 66 heavy (non-hydrogen) atoms. The molecule has 1 aliphatic carbocycles. The number of ether oxygens (including phenoxy) is 10. The van der Waals surface area contributed by atoms with Crippen molar-refractivity contribution >= 4 is 11.9 Å². The second-order valence-corrected chi connectivity index (χ2v) is 15.9. The van der Waals surface area contributed by atoms with Crippen LogP contribution in [0, 0.1) is 0 Å². The van der Waals surface area contributed by atoms with Gasteiger partial charge in [0.2, 0.25) is 0 Å². The maximum Gasteiger partial charge on any atom is 0.338 e. The molecule has 2 heterocycles. The maximum absolute atomic E-state index is 13.7. The summed E-state index contributed by atoms with van der Waals surface area (Å²) in [5, 5.41) is 0. The van der Waals surface area contributed by atoms with Gasteiger partial charge in [0.25, 0.3) is 0 Å². The van der Waals surface area contributed by atoms with Gasteiger partial charge in [-0.15, -0.1) is 0 Å². The summed E-state index contributed by atoms with van der Waals surface area (Å²) in [5.41, 5.74) is 9.26. The van der Waals surface area contributed by atoms with Crippen LogP contribution in [0.15, 0.2) is 84.9 Å². The highest BCUT2D eigenvalue weighted by atomic mass is 16.5. The number of hydrogen-bond acceptors (Lipinski definition) is 12. The Labute approximate surface area is 388 Å². The van der Waals surface area contributed by atoms with Crippen LogP contribution in [0.1, 0.15) is 104 Å². The van der Waals surface area contributed by atoms with Gasteiger partial charge in [-0.05, 0) is 126 Å². The smallest absolute Gasteiger partial charge is 0.338 e. The van der Waals surface area contributed by atoms with Crippen molar-refractivity contribution in [3.63, 3.8) is 0 Å². The molecule has 12 heteroatoms. The Morgan fingerprint density at radius 1 is 0.379 bits per heavy atom. The van der Waals surface area contributed by atoms with Gasteiger partial charge in [0.1, 0.15) is 62.6 Å². The van der Waals surface area contributed by atoms with Gasteiger partial charge in [0.05, 0.1) is 37.6 Å². The van der Waals surface area contributed by atoms with E-state index in [1.165, 1.54) is 6.07 Å². The summed E-state index contributed by atoms with van der Waals surface area (Å²) in [7, 11) is 0. The summed E-state index contributed by atoms with van der Waals surface area (Å²) in [5.74, 6) is 1.73. The van der Waals surface area contributed by atoms with Gasteiger partial charge < -0.3 is 47.4 Å². The Hall–Kier alpha value is -5.92. The van der Waals surface area contributed by atoms with E-state index in [4.69, 9.17) is 47.4 Å². The predicted octanol–water partition coefficient (Wildman–Crippen LogP) is 9.05. The van der Waals surface area contributed by atoms with Crippen LogP contribution in [0.4, 0.5) is 0 Å². The van der Waals surface area contributed by atoms with Gasteiger partial charge in [-0.1, -0.05) is 42.5 Å². The van der Waals surface area contributed by atoms with Crippen molar-refractivity contribution in [1.82, 2.24) is 0 Å². The largest absolute Gasteiger partial charge is 0.491 e. The van der Waals surface area contributed by atoms with Crippen LogP contribution >= 0.6 is 0 Å². The van der Waals surface area contributed by atoms with Gasteiger partial charge in [0.15, 0.2) is 0 Å². The Kier molecular flexibility index (Phi) is 17.9. The summed E-state index contributed by atoms with van der Waals surface area (Å²) < 4.78 is 62.0. The highest BCUT2D eigenvalue weighted by Gasteiger charge is 2.25. The molecule has 0 unspecified atom stereocenters. The molecular formula is C54H62O12. The minimum atomic E-state index is -0.571. The Balaban J connectivity index is 1.50. The minimum absolute atomic E-state index is 0.0369. The monoisotopic (exact) mass is 902 g/mol. The van der Waals surface area contributed by atoms with E-state index in [-0.39, 0.29) is 24.3 Å². The van der Waals surface area contributed by atoms with Gasteiger partial charge in [0, 0.05) is 52.1 Å². The van der Waals surface area contributed by atoms with Crippen molar-refractivity contribution in [2.75, 3.05) is 79.3 Å². The zero-order valence-corrected chi connectivity index (χ0v) is 38.7. The Bertz CT molecular complexity index is 2150. The number of fused-ring (bicyclic) bond motifs is 4. The van der Waals surface area contributed by atoms with Crippen molar-refractivity contribution in [3.05, 3.63) is 152 Å². The van der Waals surface area contributed by atoms with Crippen molar-refractivity contribution in [2.45, 2.75) is 66.6 Å². The van der Waals surface area contributed by atoms with Gasteiger partial charge in [-0.2, -0.15) is 0 Å². The molecule has 0 N–H and O–H groups in total. The summed E-state index contributed by atoms with van der Waals surface area (Å²) >= 11 is 0. The molecule has 350 valence electrons. The molecule has 3 aliphatic rings. The molecular weight excluding hydrogens is 841 g/mol. The van der Waals surface area contributed by atoms with Crippen LogP contribution in [0.5, 0.6) is 23.0 Å². The van der Waals surface area contributed by atoms with Crippen molar-refractivity contribution in [3.8, 4) is 23.0 Å². The highest BCUT2D eigenvalue weighted by Crippen LogP contribution is 2.40. The Morgan fingerprint density at radius 3 is 0.970 bits per heavy atom. The van der Waals surface area contributed by atoms with E-state index in [0.29, 0.717) is 116 Å². The van der Waals surface area contributed by atoms with Crippen LogP contribution < -0.4 is 18.9 Å². The van der Waals surface area contributed by atoms with E-state index in [1.54, 1.807) is 18.2 Å². The lowest BCUT2D eigenvalue weighted by molar-refractivity contribution is 0.0470. The molecule has 0 fully saturated rings. The number of rotatable bonds is 20. The normalized spacial score (nSPS) is 13.5. The third kappa shape index (κ3) is 12.7. The van der Waals surface area contributed by atoms with Crippen molar-refractivity contribution in [2.24, 2.45) is 0 Å². The second kappa shape index (κ2) is 24.6. The average Bonchev–Trinajstić information content (AvgIpc) is 3.32. The maximum atomic E-state index is 13.7. The summed E-state index contributed by atoms with van der Waals surface area (Å²) in [4.78, 5) is 27.4. The molecule has 5 aromatic rings. The summed E-state index contributed by atoms with van der Waals surface area (Å²) in [6.45, 7) is 12.9. The van der Waals surface area contributed by atoms with E-state index < -0.39 is 11.9 Å². The van der Waals surface area contributed by atoms with E-state index in [0.717, 1.165) is 67.1 Å². The van der Waals surface area contributed by atoms with E-state index in [9.17, 15) is 9.59 Å². The van der Waals surface area contributed by atoms with Gasteiger partial charge in [-0.25, -0.2) is 9.59 Å². The number of para-hydroxylation sites is 2. The molecule has 2 aliphatic heterocycles. The first-order valence-electron chi connectivity index (χ1n) is 23.2. The third-order valence-corrected chi connectivity index (χ3v) is 11.3. The molecule has 12 nitrogen and oxygen atoms in total. The lowest BCUT2D eigenvalue weighted by atomic mass is 9.89. The van der Waals surface area contributed by atoms with E-state index in [2.05, 4.69) is 24.3 Å². The third-order valence-electron chi connectivity index (χ3n) is 11.3. The first kappa shape index (κ1) is 48.0.